The largest absolute Gasteiger partial charge is 0.497 e. The summed E-state index contributed by atoms with van der Waals surface area (Å²) in [6.07, 6.45) is 0. The molecule has 0 saturated carbocycles. The maximum Gasteiger partial charge on any atom is 0.335 e. The van der Waals surface area contributed by atoms with E-state index in [1.807, 2.05) is 43.3 Å². The number of carbonyl (C=O) groups excluding carboxylic acids is 1. The molecule has 1 aliphatic rings. The lowest BCUT2D eigenvalue weighted by Gasteiger charge is -2.28. The molecule has 35 heavy (non-hydrogen) atoms. The number of aromatic amines is 1. The number of aromatic carboxylic acids is 1. The van der Waals surface area contributed by atoms with Crippen LogP contribution in [0.4, 0.5) is 5.69 Å². The number of benzene rings is 3. The summed E-state index contributed by atoms with van der Waals surface area (Å²) in [5.74, 6) is -0.123. The summed E-state index contributed by atoms with van der Waals surface area (Å²) >= 11 is 0. The molecule has 0 bridgehead atoms. The van der Waals surface area contributed by atoms with E-state index in [9.17, 15) is 14.7 Å². The number of carbonyl (C=O) groups is 2. The van der Waals surface area contributed by atoms with Crippen LogP contribution in [-0.2, 0) is 0 Å². The van der Waals surface area contributed by atoms with Crippen molar-refractivity contribution in [2.45, 2.75) is 13.0 Å². The summed E-state index contributed by atoms with van der Waals surface area (Å²) in [4.78, 5) is 26.7. The van der Waals surface area contributed by atoms with Crippen molar-refractivity contribution in [2.75, 3.05) is 19.1 Å². The Morgan fingerprint density at radius 1 is 1.00 bits per heavy atom. The molecular formula is C27H23N3O5. The molecule has 4 aromatic rings. The lowest BCUT2D eigenvalue weighted by atomic mass is 9.94. The van der Waals surface area contributed by atoms with E-state index in [0.717, 1.165) is 22.3 Å². The zero-order valence-electron chi connectivity index (χ0n) is 19.4. The molecule has 2 heterocycles. The molecule has 5 rings (SSSR count). The summed E-state index contributed by atoms with van der Waals surface area (Å²) in [5, 5.41) is 16.7. The van der Waals surface area contributed by atoms with Crippen LogP contribution in [0.2, 0.25) is 0 Å². The number of aromatic nitrogens is 2. The highest BCUT2D eigenvalue weighted by molar-refractivity contribution is 6.12. The van der Waals surface area contributed by atoms with Gasteiger partial charge < -0.3 is 14.6 Å². The molecule has 1 aromatic heterocycles. The molecule has 176 valence electrons. The molecule has 0 fully saturated rings. The van der Waals surface area contributed by atoms with E-state index in [1.54, 1.807) is 37.3 Å². The predicted octanol–water partition coefficient (Wildman–Crippen LogP) is 4.85. The zero-order chi connectivity index (χ0) is 24.7. The fraction of sp³-hybridized carbons (Fsp3) is 0.148. The van der Waals surface area contributed by atoms with E-state index in [2.05, 4.69) is 10.2 Å². The first-order valence-electron chi connectivity index (χ1n) is 11.0. The van der Waals surface area contributed by atoms with Gasteiger partial charge in [0.05, 0.1) is 31.5 Å². The van der Waals surface area contributed by atoms with Gasteiger partial charge in [0.25, 0.3) is 5.91 Å². The molecule has 0 aliphatic carbocycles. The van der Waals surface area contributed by atoms with Crippen LogP contribution in [0.15, 0.2) is 66.7 Å². The number of aryl methyl sites for hydroxylation is 1. The van der Waals surface area contributed by atoms with Crippen LogP contribution in [0.5, 0.6) is 11.5 Å². The molecule has 1 amide bonds. The van der Waals surface area contributed by atoms with Crippen LogP contribution in [0.1, 0.15) is 43.6 Å². The highest BCUT2D eigenvalue weighted by Gasteiger charge is 2.44. The van der Waals surface area contributed by atoms with Gasteiger partial charge in [-0.05, 0) is 43.3 Å². The highest BCUT2D eigenvalue weighted by atomic mass is 16.5. The van der Waals surface area contributed by atoms with E-state index in [0.29, 0.717) is 28.6 Å². The van der Waals surface area contributed by atoms with Crippen LogP contribution in [0, 0.1) is 6.92 Å². The molecule has 0 radical (unpaired) electrons. The van der Waals surface area contributed by atoms with Crippen LogP contribution in [-0.4, -0.2) is 41.4 Å². The van der Waals surface area contributed by atoms with E-state index in [-0.39, 0.29) is 11.5 Å². The molecule has 0 saturated heterocycles. The number of nitrogens with one attached hydrogen (secondary N) is 1. The Labute approximate surface area is 201 Å². The first kappa shape index (κ1) is 22.2. The second kappa shape index (κ2) is 8.64. The number of fused-ring (bicyclic) bond motifs is 1. The minimum Gasteiger partial charge on any atom is -0.497 e. The Bertz CT molecular complexity index is 1420. The Morgan fingerprint density at radius 3 is 2.34 bits per heavy atom. The number of hydrogen-bond donors (Lipinski definition) is 2. The third-order valence-electron chi connectivity index (χ3n) is 6.22. The second-order valence-electron chi connectivity index (χ2n) is 8.26. The van der Waals surface area contributed by atoms with Crippen LogP contribution in [0.3, 0.4) is 0 Å². The highest BCUT2D eigenvalue weighted by Crippen LogP contribution is 2.47. The van der Waals surface area contributed by atoms with E-state index < -0.39 is 12.0 Å². The van der Waals surface area contributed by atoms with Crippen LogP contribution >= 0.6 is 0 Å². The molecule has 8 nitrogen and oxygen atoms in total. The average Bonchev–Trinajstić information content (AvgIpc) is 3.43. The van der Waals surface area contributed by atoms with Gasteiger partial charge in [0.2, 0.25) is 0 Å². The molecule has 2 N–H and O–H groups in total. The van der Waals surface area contributed by atoms with Crippen LogP contribution < -0.4 is 14.4 Å². The number of anilines is 1. The Kier molecular flexibility index (Phi) is 5.49. The standard InChI is InChI=1S/C27H23N3O5/c1-15-4-6-16(7-5-15)23-22-24(29-28-23)26(31)30(18-10-8-17(9-11-18)27(32)33)25(22)20-13-12-19(34-2)14-21(20)35-3/h4-14,25H,1-3H3,(H,28,29)(H,32,33). The first-order valence-corrected chi connectivity index (χ1v) is 11.0. The number of carboxylic acid groups (broad SMARTS) is 1. The summed E-state index contributed by atoms with van der Waals surface area (Å²) < 4.78 is 11.1. The minimum absolute atomic E-state index is 0.138. The summed E-state index contributed by atoms with van der Waals surface area (Å²) in [5.41, 5.74) is 5.21. The van der Waals surface area contributed by atoms with Gasteiger partial charge in [0, 0.05) is 28.4 Å². The molecule has 1 unspecified atom stereocenters. The molecule has 0 spiro atoms. The number of carboxylic acids is 1. The minimum atomic E-state index is -1.03. The topological polar surface area (TPSA) is 105 Å². The number of amides is 1. The van der Waals surface area contributed by atoms with Crippen molar-refractivity contribution in [2.24, 2.45) is 0 Å². The maximum absolute atomic E-state index is 13.7. The van der Waals surface area contributed by atoms with Gasteiger partial charge in [-0.3, -0.25) is 14.8 Å². The third-order valence-corrected chi connectivity index (χ3v) is 6.22. The number of rotatable bonds is 6. The molecule has 1 aliphatic heterocycles. The van der Waals surface area contributed by atoms with Crippen molar-refractivity contribution in [3.63, 3.8) is 0 Å². The van der Waals surface area contributed by atoms with Gasteiger partial charge in [-0.2, -0.15) is 5.10 Å². The Hall–Kier alpha value is -4.59. The number of H-pyrrole nitrogens is 1. The van der Waals surface area contributed by atoms with E-state index >= 15 is 0 Å². The predicted molar refractivity (Wildman–Crippen MR) is 130 cm³/mol. The fourth-order valence-corrected chi connectivity index (χ4v) is 4.45. The monoisotopic (exact) mass is 469 g/mol. The van der Waals surface area contributed by atoms with Gasteiger partial charge in [0.1, 0.15) is 17.2 Å². The number of ether oxygens (including phenoxy) is 2. The summed E-state index contributed by atoms with van der Waals surface area (Å²) in [7, 11) is 3.14. The normalized spacial score (nSPS) is 14.7. The number of nitrogens with zero attached hydrogens (tertiary/aromatic N) is 2. The van der Waals surface area contributed by atoms with Crippen molar-refractivity contribution in [3.8, 4) is 22.8 Å². The summed E-state index contributed by atoms with van der Waals surface area (Å²) in [6, 6.07) is 19.1. The number of methoxy groups -OCH3 is 2. The van der Waals surface area contributed by atoms with E-state index in [4.69, 9.17) is 9.47 Å². The quantitative estimate of drug-likeness (QED) is 0.418. The maximum atomic E-state index is 13.7. The zero-order valence-corrected chi connectivity index (χ0v) is 19.4. The van der Waals surface area contributed by atoms with Gasteiger partial charge in [-0.1, -0.05) is 29.8 Å². The van der Waals surface area contributed by atoms with Gasteiger partial charge >= 0.3 is 5.97 Å². The number of hydrogen-bond acceptors (Lipinski definition) is 5. The van der Waals surface area contributed by atoms with Crippen molar-refractivity contribution >= 4 is 17.6 Å². The molecule has 1 atom stereocenters. The lowest BCUT2D eigenvalue weighted by molar-refractivity contribution is 0.0696. The Morgan fingerprint density at radius 2 is 1.71 bits per heavy atom. The second-order valence-corrected chi connectivity index (χ2v) is 8.26. The van der Waals surface area contributed by atoms with Gasteiger partial charge in [-0.25, -0.2) is 4.79 Å². The average molecular weight is 469 g/mol. The SMILES string of the molecule is COc1ccc(C2c3c(-c4ccc(C)cc4)n[nH]c3C(=O)N2c2ccc(C(=O)O)cc2)c(OC)c1. The molecule has 3 aromatic carbocycles. The smallest absolute Gasteiger partial charge is 0.335 e. The lowest BCUT2D eigenvalue weighted by Crippen LogP contribution is -2.29. The van der Waals surface area contributed by atoms with Crippen molar-refractivity contribution in [3.05, 3.63) is 94.7 Å². The van der Waals surface area contributed by atoms with Crippen LogP contribution in [0.25, 0.3) is 11.3 Å². The molecule has 8 heteroatoms. The van der Waals surface area contributed by atoms with Crippen molar-refractivity contribution in [1.82, 2.24) is 10.2 Å². The third kappa shape index (κ3) is 3.69. The van der Waals surface area contributed by atoms with Gasteiger partial charge in [-0.15, -0.1) is 0 Å². The van der Waals surface area contributed by atoms with E-state index in [1.165, 1.54) is 12.1 Å². The summed E-state index contributed by atoms with van der Waals surface area (Å²) in [6.45, 7) is 2.01. The molecular weight excluding hydrogens is 446 g/mol. The van der Waals surface area contributed by atoms with Crippen molar-refractivity contribution < 1.29 is 24.2 Å². The Balaban J connectivity index is 1.72. The first-order chi connectivity index (χ1) is 16.9. The van der Waals surface area contributed by atoms with Crippen molar-refractivity contribution in [1.29, 1.82) is 0 Å². The fourth-order valence-electron chi connectivity index (χ4n) is 4.45. The van der Waals surface area contributed by atoms with Gasteiger partial charge in [0.15, 0.2) is 0 Å².